The van der Waals surface area contributed by atoms with Gasteiger partial charge in [0.05, 0.1) is 10.9 Å². The number of benzene rings is 1. The number of carbonyl (C=O) groups is 2. The summed E-state index contributed by atoms with van der Waals surface area (Å²) in [5, 5.41) is 20.0. The van der Waals surface area contributed by atoms with Gasteiger partial charge >= 0.3 is 0 Å². The Morgan fingerprint density at radius 1 is 1.24 bits per heavy atom. The van der Waals surface area contributed by atoms with Gasteiger partial charge in [0.1, 0.15) is 0 Å². The first-order valence-corrected chi connectivity index (χ1v) is 11.9. The smallest absolute Gasteiger partial charge is 0.239 e. The molecule has 1 aliphatic heterocycles. The van der Waals surface area contributed by atoms with Gasteiger partial charge in [0.15, 0.2) is 9.51 Å². The first kappa shape index (κ1) is 21.8. The van der Waals surface area contributed by atoms with E-state index in [0.717, 1.165) is 15.7 Å². The average Bonchev–Trinajstić information content (AvgIpc) is 3.13. The summed E-state index contributed by atoms with van der Waals surface area (Å²) in [6, 6.07) is 7.86. The van der Waals surface area contributed by atoms with Gasteiger partial charge in [-0.1, -0.05) is 69.8 Å². The Bertz CT molecular complexity index is 960. The molecule has 29 heavy (non-hydrogen) atoms. The Kier molecular flexibility index (Phi) is 7.70. The van der Waals surface area contributed by atoms with Crippen LogP contribution < -0.4 is 16.1 Å². The molecule has 1 aromatic heterocycles. The topological polar surface area (TPSA) is 108 Å². The number of thioether (sulfide) groups is 2. The number of hydrogen-bond donors (Lipinski definition) is 3. The molecular formula is C17H17BrN6O2S3. The minimum absolute atomic E-state index is 0.165. The zero-order valence-corrected chi connectivity index (χ0v) is 19.5. The maximum atomic E-state index is 12.6. The molecule has 0 unspecified atom stereocenters. The van der Waals surface area contributed by atoms with E-state index in [0.29, 0.717) is 21.1 Å². The van der Waals surface area contributed by atoms with Crippen molar-refractivity contribution in [2.75, 3.05) is 5.32 Å². The second kappa shape index (κ2) is 10.2. The lowest BCUT2D eigenvalue weighted by Crippen LogP contribution is -2.37. The summed E-state index contributed by atoms with van der Waals surface area (Å²) >= 11 is 7.30. The number of amides is 2. The average molecular weight is 513 g/mol. The van der Waals surface area contributed by atoms with Crippen molar-refractivity contribution in [2.24, 2.45) is 5.10 Å². The molecule has 3 rings (SSSR count). The fraction of sp³-hybridized carbons (Fsp3) is 0.235. The number of nitrogens with zero attached hydrogens (tertiary/aromatic N) is 3. The molecule has 2 heterocycles. The molecule has 0 bridgehead atoms. The summed E-state index contributed by atoms with van der Waals surface area (Å²) in [7, 11) is 0. The van der Waals surface area contributed by atoms with Crippen LogP contribution in [-0.2, 0) is 9.59 Å². The molecule has 0 saturated carbocycles. The molecule has 1 aliphatic rings. The van der Waals surface area contributed by atoms with Crippen LogP contribution >= 0.6 is 50.8 Å². The van der Waals surface area contributed by atoms with Crippen LogP contribution in [0, 0.1) is 0 Å². The van der Waals surface area contributed by atoms with Gasteiger partial charge in [-0.3, -0.25) is 15.0 Å². The molecule has 152 valence electrons. The lowest BCUT2D eigenvalue weighted by molar-refractivity contribution is -0.119. The van der Waals surface area contributed by atoms with Gasteiger partial charge in [-0.15, -0.1) is 15.3 Å². The molecule has 8 nitrogen and oxygen atoms in total. The van der Waals surface area contributed by atoms with E-state index in [9.17, 15) is 9.59 Å². The monoisotopic (exact) mass is 512 g/mol. The van der Waals surface area contributed by atoms with Gasteiger partial charge in [0, 0.05) is 22.4 Å². The normalized spacial score (nSPS) is 14.3. The van der Waals surface area contributed by atoms with E-state index in [4.69, 9.17) is 0 Å². The lowest BCUT2D eigenvalue weighted by atomic mass is 10.2. The predicted molar refractivity (Wildman–Crippen MR) is 123 cm³/mol. The summed E-state index contributed by atoms with van der Waals surface area (Å²) in [6.07, 6.45) is 0.608. The fourth-order valence-electron chi connectivity index (χ4n) is 2.19. The van der Waals surface area contributed by atoms with Crippen molar-refractivity contribution in [3.05, 3.63) is 39.7 Å². The highest BCUT2D eigenvalue weighted by Gasteiger charge is 2.22. The van der Waals surface area contributed by atoms with Crippen molar-refractivity contribution in [3.63, 3.8) is 0 Å². The van der Waals surface area contributed by atoms with E-state index < -0.39 is 0 Å². The Balaban J connectivity index is 1.55. The molecule has 0 fully saturated rings. The predicted octanol–water partition coefficient (Wildman–Crippen LogP) is 3.85. The molecule has 1 atom stereocenters. The van der Waals surface area contributed by atoms with Crippen LogP contribution in [0.5, 0.6) is 0 Å². The number of carbonyl (C=O) groups excluding carboxylic acids is 2. The van der Waals surface area contributed by atoms with E-state index in [1.807, 2.05) is 36.6 Å². The highest BCUT2D eigenvalue weighted by molar-refractivity contribution is 9.10. The first-order chi connectivity index (χ1) is 13.9. The Labute approximate surface area is 188 Å². The van der Waals surface area contributed by atoms with Crippen LogP contribution in [0.25, 0.3) is 5.70 Å². The van der Waals surface area contributed by atoms with Gasteiger partial charge in [-0.25, -0.2) is 0 Å². The van der Waals surface area contributed by atoms with Crippen LogP contribution in [0.15, 0.2) is 43.6 Å². The largest absolute Gasteiger partial charge is 0.303 e. The number of hydrazone groups is 1. The van der Waals surface area contributed by atoms with E-state index in [1.54, 1.807) is 0 Å². The minimum atomic E-state index is -0.353. The summed E-state index contributed by atoms with van der Waals surface area (Å²) in [5.74, 6) is -0.375. The lowest BCUT2D eigenvalue weighted by Gasteiger charge is -2.17. The summed E-state index contributed by atoms with van der Waals surface area (Å²) in [4.78, 5) is 23.7. The molecule has 3 N–H and O–H groups in total. The number of nitrogens with one attached hydrogen (secondary N) is 3. The minimum Gasteiger partial charge on any atom is -0.303 e. The number of anilines is 1. The molecule has 12 heteroatoms. The van der Waals surface area contributed by atoms with Gasteiger partial charge in [-0.2, -0.15) is 0 Å². The third-order valence-corrected chi connectivity index (χ3v) is 7.13. The van der Waals surface area contributed by atoms with Crippen LogP contribution in [0.3, 0.4) is 0 Å². The molecule has 1 aromatic carbocycles. The SMILES string of the molecule is CC[C@@H](Sc1nnc(NC(C)=O)s1)C(=O)NC1=NNC(c2ccc(Br)cc2)=CS1. The zero-order valence-electron chi connectivity index (χ0n) is 15.4. The molecule has 0 radical (unpaired) electrons. The summed E-state index contributed by atoms with van der Waals surface area (Å²) in [6.45, 7) is 3.33. The van der Waals surface area contributed by atoms with E-state index in [2.05, 4.69) is 47.3 Å². The van der Waals surface area contributed by atoms with Gasteiger partial charge in [-0.05, 0) is 18.6 Å². The van der Waals surface area contributed by atoms with E-state index in [-0.39, 0.29) is 17.1 Å². The van der Waals surface area contributed by atoms with Crippen molar-refractivity contribution in [2.45, 2.75) is 29.9 Å². The number of hydrogen-bond acceptors (Lipinski definition) is 9. The van der Waals surface area contributed by atoms with Crippen molar-refractivity contribution >= 4 is 78.6 Å². The van der Waals surface area contributed by atoms with Crippen LogP contribution in [0.4, 0.5) is 5.13 Å². The van der Waals surface area contributed by atoms with Crippen molar-refractivity contribution < 1.29 is 9.59 Å². The standard InChI is InChI=1S/C17H17BrN6O2S3/c1-3-13(28-17-24-23-16(29-17)19-9(2)25)14(26)20-15-22-21-12(8-27-15)10-4-6-11(18)7-5-10/h4-8,13,21H,3H2,1-2H3,(H,19,23,25)(H,20,22,26)/t13-/m1/s1. The van der Waals surface area contributed by atoms with Crippen molar-refractivity contribution in [3.8, 4) is 0 Å². The molecule has 0 aliphatic carbocycles. The van der Waals surface area contributed by atoms with Gasteiger partial charge in [0.25, 0.3) is 0 Å². The van der Waals surface area contributed by atoms with Crippen LogP contribution in [0.1, 0.15) is 25.8 Å². The first-order valence-electron chi connectivity index (χ1n) is 8.49. The molecule has 0 saturated heterocycles. The third-order valence-electron chi connectivity index (χ3n) is 3.55. The Hall–Kier alpha value is -1.89. The molecule has 2 amide bonds. The van der Waals surface area contributed by atoms with Gasteiger partial charge in [0.2, 0.25) is 16.9 Å². The maximum absolute atomic E-state index is 12.6. The number of aromatic nitrogens is 2. The second-order valence-electron chi connectivity index (χ2n) is 5.74. The highest BCUT2D eigenvalue weighted by Crippen LogP contribution is 2.31. The van der Waals surface area contributed by atoms with Crippen LogP contribution in [0.2, 0.25) is 0 Å². The van der Waals surface area contributed by atoms with E-state index in [1.165, 1.54) is 41.8 Å². The van der Waals surface area contributed by atoms with Crippen LogP contribution in [-0.4, -0.2) is 32.4 Å². The second-order valence-corrected chi connectivity index (χ2v) is 9.94. The maximum Gasteiger partial charge on any atom is 0.239 e. The molecule has 0 spiro atoms. The van der Waals surface area contributed by atoms with E-state index >= 15 is 0 Å². The van der Waals surface area contributed by atoms with Crippen molar-refractivity contribution in [1.29, 1.82) is 0 Å². The fourth-order valence-corrected chi connectivity index (χ4v) is 5.09. The highest BCUT2D eigenvalue weighted by atomic mass is 79.9. The zero-order chi connectivity index (χ0) is 20.8. The van der Waals surface area contributed by atoms with Crippen molar-refractivity contribution in [1.82, 2.24) is 20.9 Å². The Morgan fingerprint density at radius 2 is 2.00 bits per heavy atom. The number of amidine groups is 1. The Morgan fingerprint density at radius 3 is 2.62 bits per heavy atom. The number of halogens is 1. The summed E-state index contributed by atoms with van der Waals surface area (Å²) < 4.78 is 1.62. The van der Waals surface area contributed by atoms with Gasteiger partial charge < -0.3 is 10.6 Å². The number of rotatable bonds is 6. The summed E-state index contributed by atoms with van der Waals surface area (Å²) in [5.41, 5.74) is 4.83. The molecular weight excluding hydrogens is 496 g/mol. The third kappa shape index (κ3) is 6.29. The molecule has 2 aromatic rings. The quantitative estimate of drug-likeness (QED) is 0.398.